The molecule has 0 unspecified atom stereocenters. The first-order chi connectivity index (χ1) is 11.8. The van der Waals surface area contributed by atoms with Gasteiger partial charge in [-0.05, 0) is 31.2 Å². The summed E-state index contributed by atoms with van der Waals surface area (Å²) in [6.07, 6.45) is 0. The maximum Gasteiger partial charge on any atom is 0.261 e. The van der Waals surface area contributed by atoms with Crippen LogP contribution >= 0.6 is 0 Å². The normalized spacial score (nSPS) is 13.9. The average molecular weight is 358 g/mol. The van der Waals surface area contributed by atoms with Gasteiger partial charge < -0.3 is 0 Å². The topological polar surface area (TPSA) is 74.8 Å². The molecule has 1 aliphatic heterocycles. The summed E-state index contributed by atoms with van der Waals surface area (Å²) in [6, 6.07) is 13.7. The van der Waals surface area contributed by atoms with E-state index in [9.17, 15) is 18.0 Å². The average Bonchev–Trinajstić information content (AvgIpc) is 2.83. The van der Waals surface area contributed by atoms with Crippen LogP contribution in [0.3, 0.4) is 0 Å². The van der Waals surface area contributed by atoms with Crippen LogP contribution in [0.4, 0.5) is 5.69 Å². The zero-order chi connectivity index (χ0) is 18.2. The smallest absolute Gasteiger partial charge is 0.261 e. The monoisotopic (exact) mass is 358 g/mol. The van der Waals surface area contributed by atoms with Gasteiger partial charge in [-0.15, -0.1) is 0 Å². The molecule has 2 aromatic rings. The van der Waals surface area contributed by atoms with Gasteiger partial charge in [0.2, 0.25) is 10.0 Å². The highest BCUT2D eigenvalue weighted by atomic mass is 32.2. The minimum atomic E-state index is -3.66. The largest absolute Gasteiger partial charge is 0.273 e. The number of carbonyl (C=O) groups is 2. The van der Waals surface area contributed by atoms with Crippen LogP contribution in [0.25, 0.3) is 0 Å². The Kier molecular flexibility index (Phi) is 4.34. The fourth-order valence-corrected chi connectivity index (χ4v) is 3.88. The van der Waals surface area contributed by atoms with E-state index in [4.69, 9.17) is 0 Å². The molecule has 0 saturated carbocycles. The van der Waals surface area contributed by atoms with Crippen molar-refractivity contribution in [2.45, 2.75) is 6.92 Å². The lowest BCUT2D eigenvalue weighted by molar-refractivity contribution is 0.0664. The van der Waals surface area contributed by atoms with Gasteiger partial charge in [-0.2, -0.15) is 0 Å². The molecular weight excluding hydrogens is 340 g/mol. The van der Waals surface area contributed by atoms with Crippen molar-refractivity contribution in [1.29, 1.82) is 0 Å². The van der Waals surface area contributed by atoms with Crippen LogP contribution in [-0.2, 0) is 10.0 Å². The third-order valence-electron chi connectivity index (χ3n) is 4.24. The number of imide groups is 1. The van der Waals surface area contributed by atoms with E-state index in [1.54, 1.807) is 48.5 Å². The molecule has 0 aliphatic carbocycles. The van der Waals surface area contributed by atoms with E-state index < -0.39 is 21.8 Å². The Bertz CT molecular complexity index is 939. The maximum atomic E-state index is 12.5. The number of hydrogen-bond donors (Lipinski definition) is 0. The lowest BCUT2D eigenvalue weighted by Crippen LogP contribution is -2.38. The summed E-state index contributed by atoms with van der Waals surface area (Å²) >= 11 is 0. The van der Waals surface area contributed by atoms with E-state index in [1.165, 1.54) is 7.05 Å². The van der Waals surface area contributed by atoms with Crippen LogP contribution in [0, 0.1) is 6.92 Å². The Hall–Kier alpha value is -2.67. The van der Waals surface area contributed by atoms with Gasteiger partial charge in [0.25, 0.3) is 11.8 Å². The molecule has 2 amide bonds. The molecule has 0 atom stereocenters. The Morgan fingerprint density at radius 2 is 1.60 bits per heavy atom. The number of para-hydroxylation sites is 1. The van der Waals surface area contributed by atoms with Gasteiger partial charge in [-0.3, -0.25) is 18.8 Å². The molecule has 0 bridgehead atoms. The van der Waals surface area contributed by atoms with Gasteiger partial charge in [0, 0.05) is 13.6 Å². The van der Waals surface area contributed by atoms with E-state index in [0.29, 0.717) is 16.8 Å². The van der Waals surface area contributed by atoms with Gasteiger partial charge in [0.1, 0.15) is 0 Å². The lowest BCUT2D eigenvalue weighted by atomic mass is 10.1. The zero-order valence-electron chi connectivity index (χ0n) is 14.0. The SMILES string of the molecule is Cc1ccc2c(c1)C(=O)N(CCS(=O)(=O)N(C)c1ccccc1)C2=O. The van der Waals surface area contributed by atoms with Crippen molar-refractivity contribution in [2.75, 3.05) is 23.7 Å². The maximum absolute atomic E-state index is 12.5. The first-order valence-corrected chi connectivity index (χ1v) is 9.40. The Labute approximate surface area is 146 Å². The number of amides is 2. The van der Waals surface area contributed by atoms with Crippen molar-refractivity contribution >= 4 is 27.5 Å². The Balaban J connectivity index is 1.76. The second-order valence-electron chi connectivity index (χ2n) is 5.93. The molecule has 0 aromatic heterocycles. The molecule has 3 rings (SSSR count). The molecule has 0 fully saturated rings. The van der Waals surface area contributed by atoms with Crippen LogP contribution in [-0.4, -0.2) is 44.5 Å². The summed E-state index contributed by atoms with van der Waals surface area (Å²) in [5.41, 5.74) is 2.06. The minimum absolute atomic E-state index is 0.176. The van der Waals surface area contributed by atoms with Crippen LogP contribution in [0.2, 0.25) is 0 Å². The second kappa shape index (κ2) is 6.33. The van der Waals surface area contributed by atoms with E-state index >= 15 is 0 Å². The zero-order valence-corrected chi connectivity index (χ0v) is 14.8. The van der Waals surface area contributed by atoms with Gasteiger partial charge in [0.15, 0.2) is 0 Å². The highest BCUT2D eigenvalue weighted by Crippen LogP contribution is 2.24. The fourth-order valence-electron chi connectivity index (χ4n) is 2.75. The highest BCUT2D eigenvalue weighted by molar-refractivity contribution is 7.92. The van der Waals surface area contributed by atoms with Crippen molar-refractivity contribution in [3.63, 3.8) is 0 Å². The number of aryl methyl sites for hydroxylation is 1. The number of anilines is 1. The van der Waals surface area contributed by atoms with Crippen molar-refractivity contribution in [2.24, 2.45) is 0 Å². The van der Waals surface area contributed by atoms with E-state index in [0.717, 1.165) is 14.8 Å². The van der Waals surface area contributed by atoms with Crippen LogP contribution in [0.1, 0.15) is 26.3 Å². The van der Waals surface area contributed by atoms with Crippen LogP contribution < -0.4 is 4.31 Å². The number of nitrogens with zero attached hydrogens (tertiary/aromatic N) is 2. The third kappa shape index (κ3) is 3.15. The summed E-state index contributed by atoms with van der Waals surface area (Å²) in [6.45, 7) is 1.66. The van der Waals surface area contributed by atoms with Crippen molar-refractivity contribution < 1.29 is 18.0 Å². The number of hydrogen-bond acceptors (Lipinski definition) is 4. The number of benzene rings is 2. The minimum Gasteiger partial charge on any atom is -0.273 e. The van der Waals surface area contributed by atoms with E-state index in [-0.39, 0.29) is 12.3 Å². The van der Waals surface area contributed by atoms with Gasteiger partial charge in [0.05, 0.1) is 22.6 Å². The summed E-state index contributed by atoms with van der Waals surface area (Å²) in [7, 11) is -2.20. The molecule has 7 heteroatoms. The van der Waals surface area contributed by atoms with Crippen molar-refractivity contribution in [3.8, 4) is 0 Å². The van der Waals surface area contributed by atoms with Gasteiger partial charge in [-0.1, -0.05) is 29.8 Å². The Morgan fingerprint density at radius 1 is 0.960 bits per heavy atom. The first kappa shape index (κ1) is 17.2. The summed E-state index contributed by atoms with van der Waals surface area (Å²) in [5.74, 6) is -1.22. The van der Waals surface area contributed by atoms with Gasteiger partial charge in [-0.25, -0.2) is 8.42 Å². The summed E-state index contributed by atoms with van der Waals surface area (Å²) in [4.78, 5) is 25.8. The van der Waals surface area contributed by atoms with Crippen LogP contribution in [0.5, 0.6) is 0 Å². The number of sulfonamides is 1. The molecule has 0 radical (unpaired) electrons. The molecule has 1 heterocycles. The van der Waals surface area contributed by atoms with Gasteiger partial charge >= 0.3 is 0 Å². The third-order valence-corrected chi connectivity index (χ3v) is 5.98. The molecule has 0 N–H and O–H groups in total. The molecule has 2 aromatic carbocycles. The second-order valence-corrected chi connectivity index (χ2v) is 8.05. The fraction of sp³-hybridized carbons (Fsp3) is 0.222. The van der Waals surface area contributed by atoms with E-state index in [1.807, 2.05) is 6.92 Å². The number of fused-ring (bicyclic) bond motifs is 1. The summed E-state index contributed by atoms with van der Waals surface area (Å²) in [5, 5.41) is 0. The predicted octanol–water partition coefficient (Wildman–Crippen LogP) is 2.06. The standard InChI is InChI=1S/C18H18N2O4S/c1-13-8-9-15-16(12-13)18(22)20(17(15)21)10-11-25(23,24)19(2)14-6-4-3-5-7-14/h3-9,12H,10-11H2,1-2H3. The molecule has 1 aliphatic rings. The van der Waals surface area contributed by atoms with Crippen molar-refractivity contribution in [1.82, 2.24) is 4.90 Å². The molecule has 0 saturated heterocycles. The highest BCUT2D eigenvalue weighted by Gasteiger charge is 2.36. The quantitative estimate of drug-likeness (QED) is 0.767. The number of rotatable bonds is 5. The summed E-state index contributed by atoms with van der Waals surface area (Å²) < 4.78 is 26.2. The lowest BCUT2D eigenvalue weighted by Gasteiger charge is -2.21. The molecule has 0 spiro atoms. The molecule has 130 valence electrons. The molecular formula is C18H18N2O4S. The molecule has 25 heavy (non-hydrogen) atoms. The van der Waals surface area contributed by atoms with Crippen LogP contribution in [0.15, 0.2) is 48.5 Å². The van der Waals surface area contributed by atoms with Crippen molar-refractivity contribution in [3.05, 3.63) is 65.2 Å². The first-order valence-electron chi connectivity index (χ1n) is 7.80. The number of carbonyl (C=O) groups excluding carboxylic acids is 2. The Morgan fingerprint density at radius 3 is 2.28 bits per heavy atom. The molecule has 6 nitrogen and oxygen atoms in total. The predicted molar refractivity (Wildman–Crippen MR) is 95.2 cm³/mol. The van der Waals surface area contributed by atoms with E-state index in [2.05, 4.69) is 0 Å².